The number of amides is 1. The van der Waals surface area contributed by atoms with Crippen molar-refractivity contribution in [3.05, 3.63) is 75.8 Å². The van der Waals surface area contributed by atoms with Gasteiger partial charge in [0.05, 0.1) is 12.6 Å². The average Bonchev–Trinajstić information content (AvgIpc) is 3.11. The van der Waals surface area contributed by atoms with Crippen molar-refractivity contribution >= 4 is 22.3 Å². The minimum atomic E-state index is -0.320. The van der Waals surface area contributed by atoms with Gasteiger partial charge < -0.3 is 10.1 Å². The fraction of sp³-hybridized carbons (Fsp3) is 0.227. The molecule has 29 heavy (non-hydrogen) atoms. The maximum Gasteiger partial charge on any atom is 0.291 e. The molecule has 148 valence electrons. The van der Waals surface area contributed by atoms with Gasteiger partial charge in [-0.2, -0.15) is 5.10 Å². The number of fused-ring (bicyclic) bond motifs is 3. The van der Waals surface area contributed by atoms with Crippen molar-refractivity contribution in [1.82, 2.24) is 19.5 Å². The molecule has 0 aliphatic carbocycles. The number of methoxy groups -OCH3 is 1. The van der Waals surface area contributed by atoms with Gasteiger partial charge in [-0.15, -0.1) is 0 Å². The van der Waals surface area contributed by atoms with E-state index in [-0.39, 0.29) is 18.0 Å². The first-order chi connectivity index (χ1) is 14.0. The Labute approximate surface area is 167 Å². The van der Waals surface area contributed by atoms with Crippen LogP contribution in [0.25, 0.3) is 16.4 Å². The zero-order valence-electron chi connectivity index (χ0n) is 16.6. The Morgan fingerprint density at radius 2 is 1.90 bits per heavy atom. The molecule has 2 heterocycles. The lowest BCUT2D eigenvalue weighted by molar-refractivity contribution is -0.122. The number of hydrogen-bond donors (Lipinski definition) is 1. The van der Waals surface area contributed by atoms with Gasteiger partial charge in [-0.1, -0.05) is 35.9 Å². The maximum atomic E-state index is 13.0. The summed E-state index contributed by atoms with van der Waals surface area (Å²) in [7, 11) is 1.60. The summed E-state index contributed by atoms with van der Waals surface area (Å²) in [6, 6.07) is 15.3. The normalized spacial score (nSPS) is 11.1. The summed E-state index contributed by atoms with van der Waals surface area (Å²) >= 11 is 0. The number of nitrogens with zero attached hydrogens (tertiary/aromatic N) is 3. The van der Waals surface area contributed by atoms with Crippen LogP contribution in [0.3, 0.4) is 0 Å². The molecule has 0 bridgehead atoms. The third-order valence-electron chi connectivity index (χ3n) is 4.93. The Hall–Kier alpha value is -3.61. The number of carbonyl (C=O) groups excluding carboxylic acids is 1. The fourth-order valence-electron chi connectivity index (χ4n) is 3.61. The summed E-state index contributed by atoms with van der Waals surface area (Å²) in [5.41, 5.74) is 3.13. The molecule has 7 nitrogen and oxygen atoms in total. The smallest absolute Gasteiger partial charge is 0.291 e. The summed E-state index contributed by atoms with van der Waals surface area (Å²) in [6.07, 6.45) is 0. The van der Waals surface area contributed by atoms with E-state index in [1.54, 1.807) is 17.6 Å². The minimum absolute atomic E-state index is 0.138. The van der Waals surface area contributed by atoms with Crippen LogP contribution in [0.2, 0.25) is 0 Å². The van der Waals surface area contributed by atoms with Gasteiger partial charge in [0.1, 0.15) is 23.6 Å². The third kappa shape index (κ3) is 3.47. The van der Waals surface area contributed by atoms with E-state index in [0.717, 1.165) is 22.0 Å². The molecule has 1 amide bonds. The van der Waals surface area contributed by atoms with E-state index in [1.807, 2.05) is 56.3 Å². The van der Waals surface area contributed by atoms with Crippen molar-refractivity contribution in [3.8, 4) is 5.75 Å². The number of hydrogen-bond acceptors (Lipinski definition) is 4. The molecule has 1 N–H and O–H groups in total. The van der Waals surface area contributed by atoms with Gasteiger partial charge in [0.25, 0.3) is 5.56 Å². The molecule has 0 aliphatic heterocycles. The molecule has 0 saturated carbocycles. The summed E-state index contributed by atoms with van der Waals surface area (Å²) in [5, 5.41) is 8.03. The second kappa shape index (κ2) is 7.43. The predicted molar refractivity (Wildman–Crippen MR) is 111 cm³/mol. The van der Waals surface area contributed by atoms with Crippen LogP contribution in [-0.4, -0.2) is 27.2 Å². The molecule has 7 heteroatoms. The first-order valence-electron chi connectivity index (χ1n) is 9.36. The number of aryl methyl sites for hydroxylation is 2. The number of carbonyl (C=O) groups is 1. The van der Waals surface area contributed by atoms with E-state index in [1.165, 1.54) is 4.68 Å². The molecule has 0 radical (unpaired) electrons. The minimum Gasteiger partial charge on any atom is -0.496 e. The summed E-state index contributed by atoms with van der Waals surface area (Å²) in [6.45, 7) is 4.08. The fourth-order valence-corrected chi connectivity index (χ4v) is 3.61. The van der Waals surface area contributed by atoms with Crippen molar-refractivity contribution < 1.29 is 9.53 Å². The largest absolute Gasteiger partial charge is 0.496 e. The highest BCUT2D eigenvalue weighted by atomic mass is 16.5. The zero-order valence-corrected chi connectivity index (χ0v) is 16.6. The quantitative estimate of drug-likeness (QED) is 0.568. The van der Waals surface area contributed by atoms with Crippen LogP contribution < -0.4 is 15.6 Å². The van der Waals surface area contributed by atoms with Gasteiger partial charge in [0.2, 0.25) is 5.91 Å². The molecule has 0 spiro atoms. The predicted octanol–water partition coefficient (Wildman–Crippen LogP) is 2.59. The maximum absolute atomic E-state index is 13.0. The summed E-state index contributed by atoms with van der Waals surface area (Å²) in [5.74, 6) is 1.04. The van der Waals surface area contributed by atoms with Gasteiger partial charge in [-0.25, -0.2) is 4.68 Å². The van der Waals surface area contributed by atoms with E-state index in [2.05, 4.69) is 10.4 Å². The van der Waals surface area contributed by atoms with E-state index >= 15 is 0 Å². The number of rotatable bonds is 5. The van der Waals surface area contributed by atoms with Crippen molar-refractivity contribution in [2.24, 2.45) is 0 Å². The van der Waals surface area contributed by atoms with Gasteiger partial charge in [0.15, 0.2) is 0 Å². The second-order valence-corrected chi connectivity index (χ2v) is 7.03. The van der Waals surface area contributed by atoms with Crippen molar-refractivity contribution in [1.29, 1.82) is 0 Å². The van der Waals surface area contributed by atoms with E-state index in [4.69, 9.17) is 4.74 Å². The average molecular weight is 390 g/mol. The van der Waals surface area contributed by atoms with Crippen molar-refractivity contribution in [2.75, 3.05) is 7.11 Å². The van der Waals surface area contributed by atoms with Crippen molar-refractivity contribution in [2.45, 2.75) is 26.9 Å². The molecule has 0 atom stereocenters. The Bertz CT molecular complexity index is 1290. The molecule has 4 rings (SSSR count). The highest BCUT2D eigenvalue weighted by Gasteiger charge is 2.16. The van der Waals surface area contributed by atoms with Crippen LogP contribution in [0.5, 0.6) is 5.75 Å². The van der Waals surface area contributed by atoms with Gasteiger partial charge in [-0.05, 0) is 37.6 Å². The summed E-state index contributed by atoms with van der Waals surface area (Å²) < 4.78 is 8.41. The first kappa shape index (κ1) is 18.7. The van der Waals surface area contributed by atoms with Gasteiger partial charge in [0, 0.05) is 11.9 Å². The highest BCUT2D eigenvalue weighted by Crippen LogP contribution is 2.28. The Kier molecular flexibility index (Phi) is 4.80. The highest BCUT2D eigenvalue weighted by molar-refractivity contribution is 5.92. The number of aromatic nitrogens is 3. The van der Waals surface area contributed by atoms with Crippen LogP contribution in [0.15, 0.2) is 53.3 Å². The van der Waals surface area contributed by atoms with Crippen LogP contribution >= 0.6 is 0 Å². The van der Waals surface area contributed by atoms with Crippen LogP contribution in [-0.2, 0) is 17.9 Å². The SMILES string of the molecule is COc1cccc2c1cc1c(=O)n(CC(=O)NCc3cccc(C)c3)nc(C)n12. The number of benzene rings is 2. The molecule has 0 aliphatic rings. The second-order valence-electron chi connectivity index (χ2n) is 7.03. The number of nitrogens with one attached hydrogen (secondary N) is 1. The Morgan fingerprint density at radius 3 is 2.66 bits per heavy atom. The molecular formula is C22H22N4O3. The van der Waals surface area contributed by atoms with E-state index in [0.29, 0.717) is 23.6 Å². The van der Waals surface area contributed by atoms with Gasteiger partial charge >= 0.3 is 0 Å². The number of ether oxygens (including phenoxy) is 1. The lowest BCUT2D eigenvalue weighted by Crippen LogP contribution is -2.34. The van der Waals surface area contributed by atoms with E-state index in [9.17, 15) is 9.59 Å². The molecule has 0 fully saturated rings. The van der Waals surface area contributed by atoms with Crippen molar-refractivity contribution in [3.63, 3.8) is 0 Å². The Balaban J connectivity index is 1.64. The molecule has 2 aromatic carbocycles. The standard InChI is InChI=1S/C22H22N4O3/c1-14-6-4-7-16(10-14)12-23-21(27)13-25-22(28)19-11-17-18(26(19)15(2)24-25)8-5-9-20(17)29-3/h4-11H,12-13H2,1-3H3,(H,23,27). The Morgan fingerprint density at radius 1 is 1.10 bits per heavy atom. The van der Waals surface area contributed by atoms with Gasteiger partial charge in [-0.3, -0.25) is 14.0 Å². The van der Waals surface area contributed by atoms with E-state index < -0.39 is 0 Å². The van der Waals surface area contributed by atoms with Crippen LogP contribution in [0.1, 0.15) is 17.0 Å². The molecule has 0 unspecified atom stereocenters. The monoisotopic (exact) mass is 390 g/mol. The molecule has 0 saturated heterocycles. The third-order valence-corrected chi connectivity index (χ3v) is 4.93. The lowest BCUT2D eigenvalue weighted by Gasteiger charge is -2.10. The molecule has 2 aromatic heterocycles. The molecule has 4 aromatic rings. The van der Waals surface area contributed by atoms with Crippen LogP contribution in [0, 0.1) is 13.8 Å². The summed E-state index contributed by atoms with van der Waals surface area (Å²) in [4.78, 5) is 25.4. The zero-order chi connectivity index (χ0) is 20.5. The van der Waals surface area contributed by atoms with Crippen LogP contribution in [0.4, 0.5) is 0 Å². The lowest BCUT2D eigenvalue weighted by atomic mass is 10.1. The molecular weight excluding hydrogens is 368 g/mol. The first-order valence-corrected chi connectivity index (χ1v) is 9.36. The topological polar surface area (TPSA) is 77.6 Å².